The molecule has 1 N–H and O–H groups in total. The SMILES string of the molecule is CCNCc1cc(F)cnc1N(CC(F)(F)F)C(C)C. The predicted molar refractivity (Wildman–Crippen MR) is 70.1 cm³/mol. The zero-order chi connectivity index (χ0) is 15.3. The summed E-state index contributed by atoms with van der Waals surface area (Å²) in [7, 11) is 0. The van der Waals surface area contributed by atoms with Crippen LogP contribution in [-0.4, -0.2) is 30.3 Å². The summed E-state index contributed by atoms with van der Waals surface area (Å²) >= 11 is 0. The summed E-state index contributed by atoms with van der Waals surface area (Å²) in [5.41, 5.74) is 0.421. The third-order valence-electron chi connectivity index (χ3n) is 2.72. The number of hydrogen-bond donors (Lipinski definition) is 1. The van der Waals surface area contributed by atoms with Crippen molar-refractivity contribution in [1.82, 2.24) is 10.3 Å². The van der Waals surface area contributed by atoms with E-state index in [4.69, 9.17) is 0 Å². The van der Waals surface area contributed by atoms with Crippen LogP contribution in [0.4, 0.5) is 23.4 Å². The van der Waals surface area contributed by atoms with Crippen molar-refractivity contribution in [2.24, 2.45) is 0 Å². The van der Waals surface area contributed by atoms with Crippen LogP contribution in [0.1, 0.15) is 26.3 Å². The van der Waals surface area contributed by atoms with Gasteiger partial charge in [0, 0.05) is 18.2 Å². The summed E-state index contributed by atoms with van der Waals surface area (Å²) in [6.45, 7) is 4.96. The molecule has 0 spiro atoms. The maximum absolute atomic E-state index is 13.2. The lowest BCUT2D eigenvalue weighted by atomic mass is 10.2. The van der Waals surface area contributed by atoms with E-state index in [0.717, 1.165) is 11.1 Å². The molecule has 0 aliphatic heterocycles. The fourth-order valence-electron chi connectivity index (χ4n) is 1.82. The minimum Gasteiger partial charge on any atom is -0.345 e. The van der Waals surface area contributed by atoms with Gasteiger partial charge in [0.25, 0.3) is 0 Å². The van der Waals surface area contributed by atoms with Crippen LogP contribution in [0.25, 0.3) is 0 Å². The van der Waals surface area contributed by atoms with E-state index in [-0.39, 0.29) is 12.4 Å². The maximum atomic E-state index is 13.2. The second kappa shape index (κ2) is 6.88. The number of alkyl halides is 3. The van der Waals surface area contributed by atoms with Crippen LogP contribution in [0, 0.1) is 5.82 Å². The number of anilines is 1. The molecule has 0 aromatic carbocycles. The Balaban J connectivity index is 3.11. The number of nitrogens with one attached hydrogen (secondary N) is 1. The molecule has 0 unspecified atom stereocenters. The highest BCUT2D eigenvalue weighted by Gasteiger charge is 2.33. The molecule has 0 atom stereocenters. The molecule has 3 nitrogen and oxygen atoms in total. The zero-order valence-electron chi connectivity index (χ0n) is 11.8. The number of aromatic nitrogens is 1. The Morgan fingerprint density at radius 3 is 2.50 bits per heavy atom. The Morgan fingerprint density at radius 1 is 1.35 bits per heavy atom. The van der Waals surface area contributed by atoms with Crippen molar-refractivity contribution in [3.63, 3.8) is 0 Å². The summed E-state index contributed by atoms with van der Waals surface area (Å²) in [4.78, 5) is 4.98. The van der Waals surface area contributed by atoms with Crippen LogP contribution in [-0.2, 0) is 6.54 Å². The summed E-state index contributed by atoms with van der Waals surface area (Å²) in [5.74, 6) is -0.392. The third-order valence-corrected chi connectivity index (χ3v) is 2.72. The minimum atomic E-state index is -4.34. The van der Waals surface area contributed by atoms with E-state index in [2.05, 4.69) is 10.3 Å². The number of nitrogens with zero attached hydrogens (tertiary/aromatic N) is 2. The van der Waals surface area contributed by atoms with Gasteiger partial charge in [0.1, 0.15) is 18.2 Å². The first-order valence-electron chi connectivity index (χ1n) is 6.43. The average Bonchev–Trinajstić information content (AvgIpc) is 2.32. The molecular formula is C13H19F4N3. The van der Waals surface area contributed by atoms with Crippen LogP contribution in [0.2, 0.25) is 0 Å². The lowest BCUT2D eigenvalue weighted by molar-refractivity contribution is -0.120. The molecule has 1 rings (SSSR count). The van der Waals surface area contributed by atoms with Gasteiger partial charge >= 0.3 is 6.18 Å². The second-order valence-electron chi connectivity index (χ2n) is 4.75. The van der Waals surface area contributed by atoms with Gasteiger partial charge in [-0.2, -0.15) is 13.2 Å². The maximum Gasteiger partial charge on any atom is 0.405 e. The Bertz CT molecular complexity index is 432. The smallest absolute Gasteiger partial charge is 0.345 e. The Hall–Kier alpha value is -1.37. The average molecular weight is 293 g/mol. The van der Waals surface area contributed by atoms with E-state index in [1.807, 2.05) is 6.92 Å². The highest BCUT2D eigenvalue weighted by atomic mass is 19.4. The summed E-state index contributed by atoms with van der Waals surface area (Å²) in [5, 5.41) is 2.97. The fraction of sp³-hybridized carbons (Fsp3) is 0.615. The highest BCUT2D eigenvalue weighted by Crippen LogP contribution is 2.26. The molecule has 0 saturated heterocycles. The monoisotopic (exact) mass is 293 g/mol. The molecule has 0 radical (unpaired) electrons. The number of pyridine rings is 1. The molecule has 1 heterocycles. The van der Waals surface area contributed by atoms with Crippen molar-refractivity contribution < 1.29 is 17.6 Å². The highest BCUT2D eigenvalue weighted by molar-refractivity contribution is 5.48. The van der Waals surface area contributed by atoms with Gasteiger partial charge in [-0.3, -0.25) is 0 Å². The molecular weight excluding hydrogens is 274 g/mol. The molecule has 0 amide bonds. The van der Waals surface area contributed by atoms with Crippen LogP contribution < -0.4 is 10.2 Å². The van der Waals surface area contributed by atoms with Crippen LogP contribution in [0.15, 0.2) is 12.3 Å². The van der Waals surface area contributed by atoms with Crippen LogP contribution in [0.3, 0.4) is 0 Å². The fourth-order valence-corrected chi connectivity index (χ4v) is 1.82. The first-order chi connectivity index (χ1) is 9.24. The number of rotatable bonds is 6. The largest absolute Gasteiger partial charge is 0.405 e. The first kappa shape index (κ1) is 16.7. The summed E-state index contributed by atoms with van der Waals surface area (Å²) < 4.78 is 51.2. The quantitative estimate of drug-likeness (QED) is 0.817. The molecule has 114 valence electrons. The van der Waals surface area contributed by atoms with Crippen molar-refractivity contribution in [3.8, 4) is 0 Å². The van der Waals surface area contributed by atoms with Crippen molar-refractivity contribution in [2.45, 2.75) is 39.5 Å². The lowest BCUT2D eigenvalue weighted by Crippen LogP contribution is -2.40. The number of halogens is 4. The third kappa shape index (κ3) is 4.96. The van der Waals surface area contributed by atoms with Gasteiger partial charge in [0.2, 0.25) is 0 Å². The van der Waals surface area contributed by atoms with Crippen LogP contribution in [0.5, 0.6) is 0 Å². The van der Waals surface area contributed by atoms with Crippen molar-refractivity contribution >= 4 is 5.82 Å². The van der Waals surface area contributed by atoms with Gasteiger partial charge in [-0.05, 0) is 26.5 Å². The van der Waals surface area contributed by atoms with Gasteiger partial charge in [0.05, 0.1) is 6.20 Å². The molecule has 0 aliphatic carbocycles. The Labute approximate surface area is 116 Å². The molecule has 20 heavy (non-hydrogen) atoms. The summed E-state index contributed by atoms with van der Waals surface area (Å²) in [6.07, 6.45) is -3.40. The molecule has 0 aliphatic rings. The van der Waals surface area contributed by atoms with Gasteiger partial charge < -0.3 is 10.2 Å². The predicted octanol–water partition coefficient (Wildman–Crippen LogP) is 3.11. The van der Waals surface area contributed by atoms with Crippen molar-refractivity contribution in [1.29, 1.82) is 0 Å². The second-order valence-corrected chi connectivity index (χ2v) is 4.75. The topological polar surface area (TPSA) is 28.2 Å². The van der Waals surface area contributed by atoms with Gasteiger partial charge in [-0.15, -0.1) is 0 Å². The van der Waals surface area contributed by atoms with Crippen molar-refractivity contribution in [3.05, 3.63) is 23.6 Å². The molecule has 0 saturated carbocycles. The van der Waals surface area contributed by atoms with E-state index < -0.39 is 24.6 Å². The molecule has 1 aromatic rings. The summed E-state index contributed by atoms with van der Waals surface area (Å²) in [6, 6.07) is 0.825. The normalized spacial score (nSPS) is 12.0. The van der Waals surface area contributed by atoms with Gasteiger partial charge in [-0.25, -0.2) is 9.37 Å². The Morgan fingerprint density at radius 2 is 2.00 bits per heavy atom. The molecule has 0 bridgehead atoms. The molecule has 0 fully saturated rings. The number of hydrogen-bond acceptors (Lipinski definition) is 3. The van der Waals surface area contributed by atoms with E-state index in [9.17, 15) is 17.6 Å². The van der Waals surface area contributed by atoms with E-state index in [1.54, 1.807) is 13.8 Å². The van der Waals surface area contributed by atoms with E-state index >= 15 is 0 Å². The zero-order valence-corrected chi connectivity index (χ0v) is 11.8. The standard InChI is InChI=1S/C13H19F4N3/c1-4-18-6-10-5-11(14)7-19-12(10)20(9(2)3)8-13(15,16)17/h5,7,9,18H,4,6,8H2,1-3H3. The van der Waals surface area contributed by atoms with Gasteiger partial charge in [-0.1, -0.05) is 6.92 Å². The molecule has 1 aromatic heterocycles. The Kier molecular flexibility index (Phi) is 5.74. The molecule has 7 heteroatoms. The first-order valence-corrected chi connectivity index (χ1v) is 6.43. The van der Waals surface area contributed by atoms with Crippen LogP contribution >= 0.6 is 0 Å². The lowest BCUT2D eigenvalue weighted by Gasteiger charge is -2.30. The van der Waals surface area contributed by atoms with Crippen molar-refractivity contribution in [2.75, 3.05) is 18.0 Å². The van der Waals surface area contributed by atoms with E-state index in [0.29, 0.717) is 12.1 Å². The van der Waals surface area contributed by atoms with E-state index in [1.165, 1.54) is 6.07 Å². The van der Waals surface area contributed by atoms with Gasteiger partial charge in [0.15, 0.2) is 0 Å². The minimum absolute atomic E-state index is 0.166.